The van der Waals surface area contributed by atoms with Gasteiger partial charge < -0.3 is 24.4 Å². The molecule has 2 amide bonds. The molecular formula is C25H28N2O6. The standard InChI is InChI=1S/C25H28N2O6/c1-31-21-9-10-22(32-2)19(16-21)8-11-24(29)33-17-23(28)27-14-12-18(13-15-27)25(30)26-20-6-4-3-5-7-20/h3-11,16,18H,12-15,17H2,1-2H3,(H,26,30)/b11-8+. The minimum atomic E-state index is -0.634. The van der Waals surface area contributed by atoms with Gasteiger partial charge in [0.2, 0.25) is 5.91 Å². The van der Waals surface area contributed by atoms with E-state index in [9.17, 15) is 14.4 Å². The van der Waals surface area contributed by atoms with Crippen LogP contribution in [0.4, 0.5) is 5.69 Å². The number of anilines is 1. The molecule has 174 valence electrons. The number of benzene rings is 2. The lowest BCUT2D eigenvalue weighted by Gasteiger charge is -2.31. The quantitative estimate of drug-likeness (QED) is 0.489. The van der Waals surface area contributed by atoms with Crippen molar-refractivity contribution in [1.29, 1.82) is 0 Å². The number of carbonyl (C=O) groups is 3. The Morgan fingerprint density at radius 3 is 2.42 bits per heavy atom. The lowest BCUT2D eigenvalue weighted by atomic mass is 9.95. The second-order valence-corrected chi connectivity index (χ2v) is 7.56. The first-order chi connectivity index (χ1) is 16.0. The second kappa shape index (κ2) is 11.7. The molecule has 1 fully saturated rings. The fraction of sp³-hybridized carbons (Fsp3) is 0.320. The van der Waals surface area contributed by atoms with Crippen molar-refractivity contribution in [2.45, 2.75) is 12.8 Å². The van der Waals surface area contributed by atoms with Crippen molar-refractivity contribution in [1.82, 2.24) is 4.90 Å². The summed E-state index contributed by atoms with van der Waals surface area (Å²) in [5.74, 6) is 0.0911. The number of esters is 1. The third-order valence-electron chi connectivity index (χ3n) is 5.43. The third-order valence-corrected chi connectivity index (χ3v) is 5.43. The smallest absolute Gasteiger partial charge is 0.331 e. The van der Waals surface area contributed by atoms with Gasteiger partial charge >= 0.3 is 5.97 Å². The number of nitrogens with zero attached hydrogens (tertiary/aromatic N) is 1. The predicted octanol–water partition coefficient (Wildman–Crippen LogP) is 3.14. The van der Waals surface area contributed by atoms with Crippen LogP contribution >= 0.6 is 0 Å². The zero-order valence-corrected chi connectivity index (χ0v) is 18.8. The van der Waals surface area contributed by atoms with Crippen LogP contribution in [0.5, 0.6) is 11.5 Å². The van der Waals surface area contributed by atoms with E-state index in [1.54, 1.807) is 36.3 Å². The molecule has 8 heteroatoms. The number of methoxy groups -OCH3 is 2. The molecule has 1 N–H and O–H groups in total. The molecule has 1 aliphatic heterocycles. The van der Waals surface area contributed by atoms with Gasteiger partial charge in [0.25, 0.3) is 5.91 Å². The number of piperidine rings is 1. The highest BCUT2D eigenvalue weighted by Crippen LogP contribution is 2.25. The Balaban J connectivity index is 1.43. The maximum absolute atomic E-state index is 12.4. The number of para-hydroxylation sites is 1. The molecule has 0 spiro atoms. The summed E-state index contributed by atoms with van der Waals surface area (Å²) in [6.45, 7) is 0.541. The minimum Gasteiger partial charge on any atom is -0.497 e. The van der Waals surface area contributed by atoms with E-state index < -0.39 is 5.97 Å². The first-order valence-corrected chi connectivity index (χ1v) is 10.7. The van der Waals surface area contributed by atoms with Gasteiger partial charge in [0.05, 0.1) is 14.2 Å². The molecule has 0 aliphatic carbocycles. The van der Waals surface area contributed by atoms with Crippen molar-refractivity contribution in [3.8, 4) is 11.5 Å². The molecule has 1 aliphatic rings. The van der Waals surface area contributed by atoms with E-state index in [2.05, 4.69) is 5.32 Å². The number of amides is 2. The zero-order valence-electron chi connectivity index (χ0n) is 18.8. The number of ether oxygens (including phenoxy) is 3. The number of rotatable bonds is 8. The van der Waals surface area contributed by atoms with Crippen LogP contribution in [0.15, 0.2) is 54.6 Å². The number of likely N-dealkylation sites (tertiary alicyclic amines) is 1. The highest BCUT2D eigenvalue weighted by molar-refractivity contribution is 5.93. The first kappa shape index (κ1) is 23.8. The summed E-state index contributed by atoms with van der Waals surface area (Å²) in [5, 5.41) is 2.90. The summed E-state index contributed by atoms with van der Waals surface area (Å²) in [7, 11) is 3.08. The molecule has 0 saturated carbocycles. The Labute approximate surface area is 193 Å². The Morgan fingerprint density at radius 2 is 1.76 bits per heavy atom. The monoisotopic (exact) mass is 452 g/mol. The number of nitrogens with one attached hydrogen (secondary N) is 1. The van der Waals surface area contributed by atoms with Crippen LogP contribution in [-0.2, 0) is 19.1 Å². The van der Waals surface area contributed by atoms with E-state index in [1.807, 2.05) is 30.3 Å². The van der Waals surface area contributed by atoms with E-state index in [-0.39, 0.29) is 24.3 Å². The van der Waals surface area contributed by atoms with Crippen LogP contribution < -0.4 is 14.8 Å². The summed E-state index contributed by atoms with van der Waals surface area (Å²) in [4.78, 5) is 38.5. The molecule has 3 rings (SSSR count). The summed E-state index contributed by atoms with van der Waals surface area (Å²) < 4.78 is 15.5. The average molecular weight is 453 g/mol. The van der Waals surface area contributed by atoms with Crippen LogP contribution in [0, 0.1) is 5.92 Å². The van der Waals surface area contributed by atoms with Crippen molar-refractivity contribution in [2.75, 3.05) is 39.2 Å². The van der Waals surface area contributed by atoms with Crippen LogP contribution in [-0.4, -0.2) is 56.6 Å². The predicted molar refractivity (Wildman–Crippen MR) is 124 cm³/mol. The van der Waals surface area contributed by atoms with Gasteiger partial charge in [-0.05, 0) is 49.2 Å². The summed E-state index contributed by atoms with van der Waals surface area (Å²) in [5.41, 5.74) is 1.41. The topological polar surface area (TPSA) is 94.2 Å². The maximum Gasteiger partial charge on any atom is 0.331 e. The van der Waals surface area contributed by atoms with Crippen LogP contribution in [0.3, 0.4) is 0 Å². The molecule has 0 aromatic heterocycles. The van der Waals surface area contributed by atoms with Crippen LogP contribution in [0.2, 0.25) is 0 Å². The number of hydrogen-bond acceptors (Lipinski definition) is 6. The molecule has 8 nitrogen and oxygen atoms in total. The van der Waals surface area contributed by atoms with Gasteiger partial charge in [0.15, 0.2) is 6.61 Å². The summed E-state index contributed by atoms with van der Waals surface area (Å²) >= 11 is 0. The van der Waals surface area contributed by atoms with E-state index in [0.717, 1.165) is 5.69 Å². The number of carbonyl (C=O) groups excluding carboxylic acids is 3. The molecule has 0 bridgehead atoms. The molecule has 2 aromatic rings. The van der Waals surface area contributed by atoms with Gasteiger partial charge in [-0.1, -0.05) is 18.2 Å². The molecule has 33 heavy (non-hydrogen) atoms. The largest absolute Gasteiger partial charge is 0.497 e. The fourth-order valence-corrected chi connectivity index (χ4v) is 3.56. The van der Waals surface area contributed by atoms with Gasteiger partial charge in [0.1, 0.15) is 11.5 Å². The Kier molecular flexibility index (Phi) is 8.46. The van der Waals surface area contributed by atoms with E-state index in [4.69, 9.17) is 14.2 Å². The van der Waals surface area contributed by atoms with Crippen molar-refractivity contribution in [2.24, 2.45) is 5.92 Å². The second-order valence-electron chi connectivity index (χ2n) is 7.56. The van der Waals surface area contributed by atoms with E-state index in [0.29, 0.717) is 43.0 Å². The van der Waals surface area contributed by atoms with Gasteiger partial charge in [-0.2, -0.15) is 0 Å². The zero-order chi connectivity index (χ0) is 23.6. The van der Waals surface area contributed by atoms with Gasteiger partial charge in [-0.3, -0.25) is 9.59 Å². The van der Waals surface area contributed by atoms with E-state index >= 15 is 0 Å². The summed E-state index contributed by atoms with van der Waals surface area (Å²) in [6, 6.07) is 14.5. The average Bonchev–Trinajstić information content (AvgIpc) is 2.86. The SMILES string of the molecule is COc1ccc(OC)c(/C=C/C(=O)OCC(=O)N2CCC(C(=O)Nc3ccccc3)CC2)c1. The molecule has 0 radical (unpaired) electrons. The van der Waals surface area contributed by atoms with Crippen molar-refractivity contribution >= 4 is 29.5 Å². The maximum atomic E-state index is 12.4. The van der Waals surface area contributed by atoms with E-state index in [1.165, 1.54) is 13.2 Å². The van der Waals surface area contributed by atoms with Crippen LogP contribution in [0.1, 0.15) is 18.4 Å². The fourth-order valence-electron chi connectivity index (χ4n) is 3.56. The Morgan fingerprint density at radius 1 is 1.03 bits per heavy atom. The van der Waals surface area contributed by atoms with Crippen molar-refractivity contribution in [3.05, 3.63) is 60.2 Å². The first-order valence-electron chi connectivity index (χ1n) is 10.7. The highest BCUT2D eigenvalue weighted by atomic mass is 16.5. The van der Waals surface area contributed by atoms with Gasteiger partial charge in [-0.25, -0.2) is 4.79 Å². The Hall–Kier alpha value is -3.81. The summed E-state index contributed by atoms with van der Waals surface area (Å²) in [6.07, 6.45) is 3.91. The van der Waals surface area contributed by atoms with Gasteiger partial charge in [-0.15, -0.1) is 0 Å². The minimum absolute atomic E-state index is 0.0437. The Bertz CT molecular complexity index is 997. The lowest BCUT2D eigenvalue weighted by Crippen LogP contribution is -2.43. The third kappa shape index (κ3) is 6.83. The van der Waals surface area contributed by atoms with Crippen LogP contribution in [0.25, 0.3) is 6.08 Å². The highest BCUT2D eigenvalue weighted by Gasteiger charge is 2.27. The van der Waals surface area contributed by atoms with Gasteiger partial charge in [0, 0.05) is 36.3 Å². The normalized spacial score (nSPS) is 14.1. The number of hydrogen-bond donors (Lipinski definition) is 1. The van der Waals surface area contributed by atoms with Crippen molar-refractivity contribution < 1.29 is 28.6 Å². The molecule has 2 aromatic carbocycles. The molecule has 0 unspecified atom stereocenters. The van der Waals surface area contributed by atoms with Crippen molar-refractivity contribution in [3.63, 3.8) is 0 Å². The molecule has 1 heterocycles. The lowest BCUT2D eigenvalue weighted by molar-refractivity contribution is -0.149. The molecule has 1 saturated heterocycles. The molecule has 0 atom stereocenters. The molecular weight excluding hydrogens is 424 g/mol.